The molecule has 6 heteroatoms. The minimum absolute atomic E-state index is 0.0730. The van der Waals surface area contributed by atoms with Crippen molar-refractivity contribution in [3.8, 4) is 0 Å². The van der Waals surface area contributed by atoms with Crippen molar-refractivity contribution >= 4 is 21.4 Å². The lowest BCUT2D eigenvalue weighted by atomic mass is 9.95. The first-order valence-corrected chi connectivity index (χ1v) is 15.0. The molecule has 4 rings (SSSR count). The van der Waals surface area contributed by atoms with Crippen LogP contribution in [0.15, 0.2) is 71.6 Å². The summed E-state index contributed by atoms with van der Waals surface area (Å²) in [4.78, 5) is 15.5. The Labute approximate surface area is 221 Å². The van der Waals surface area contributed by atoms with Crippen molar-refractivity contribution in [3.05, 3.63) is 94.5 Å². The predicted molar refractivity (Wildman–Crippen MR) is 151 cm³/mol. The maximum absolute atomic E-state index is 12.6. The first kappa shape index (κ1) is 26.9. The zero-order chi connectivity index (χ0) is 26.4. The number of amides is 1. The summed E-state index contributed by atoms with van der Waals surface area (Å²) in [5.41, 5.74) is 6.95. The molecule has 0 saturated carbocycles. The third-order valence-electron chi connectivity index (χ3n) is 7.01. The van der Waals surface area contributed by atoms with Crippen molar-refractivity contribution < 1.29 is 13.2 Å². The van der Waals surface area contributed by atoms with Gasteiger partial charge in [0.2, 0.25) is 0 Å². The standard InChI is InChI=1S/C31H38N2O3S/c1-4-37(35,36)29-15-10-25(11-16-29)22-32-31(34)28-13-7-24(8-14-28)17-19-33-18-5-6-27-12-9-26(20-23(2)3)21-30(27)33/h7-16,21,23H,4-6,17-20,22H2,1-3H3,(H,32,34). The van der Waals surface area contributed by atoms with E-state index in [2.05, 4.69) is 42.3 Å². The van der Waals surface area contributed by atoms with Crippen LogP contribution in [0.5, 0.6) is 0 Å². The third kappa shape index (κ3) is 7.01. The minimum Gasteiger partial charge on any atom is -0.371 e. The maximum Gasteiger partial charge on any atom is 0.251 e. The largest absolute Gasteiger partial charge is 0.371 e. The SMILES string of the molecule is CCS(=O)(=O)c1ccc(CNC(=O)c2ccc(CCN3CCCc4ccc(CC(C)C)cc43)cc2)cc1. The number of hydrogen-bond donors (Lipinski definition) is 1. The van der Waals surface area contributed by atoms with Crippen molar-refractivity contribution in [2.24, 2.45) is 5.92 Å². The van der Waals surface area contributed by atoms with Crippen molar-refractivity contribution in [3.63, 3.8) is 0 Å². The lowest BCUT2D eigenvalue weighted by molar-refractivity contribution is 0.0951. The van der Waals surface area contributed by atoms with Crippen LogP contribution in [-0.4, -0.2) is 33.2 Å². The van der Waals surface area contributed by atoms with E-state index >= 15 is 0 Å². The van der Waals surface area contributed by atoms with Crippen molar-refractivity contribution in [1.82, 2.24) is 5.32 Å². The average molecular weight is 519 g/mol. The van der Waals surface area contributed by atoms with Crippen molar-refractivity contribution in [1.29, 1.82) is 0 Å². The Bertz CT molecular complexity index is 1310. The molecule has 196 valence electrons. The Balaban J connectivity index is 1.31. The number of anilines is 1. The number of carbonyl (C=O) groups excluding carboxylic acids is 1. The number of carbonyl (C=O) groups is 1. The van der Waals surface area contributed by atoms with Gasteiger partial charge in [0.15, 0.2) is 9.84 Å². The van der Waals surface area contributed by atoms with Gasteiger partial charge in [-0.2, -0.15) is 0 Å². The average Bonchev–Trinajstić information content (AvgIpc) is 2.90. The Morgan fingerprint density at radius 3 is 2.30 bits per heavy atom. The molecule has 0 aromatic heterocycles. The van der Waals surface area contributed by atoms with Crippen LogP contribution >= 0.6 is 0 Å². The van der Waals surface area contributed by atoms with E-state index in [1.54, 1.807) is 31.2 Å². The van der Waals surface area contributed by atoms with Crippen LogP contribution in [0, 0.1) is 5.92 Å². The van der Waals surface area contributed by atoms with Gasteiger partial charge in [0.25, 0.3) is 5.91 Å². The van der Waals surface area contributed by atoms with Crippen LogP contribution in [0.2, 0.25) is 0 Å². The lowest BCUT2D eigenvalue weighted by Crippen LogP contribution is -2.31. The van der Waals surface area contributed by atoms with E-state index in [1.807, 2.05) is 24.3 Å². The summed E-state index contributed by atoms with van der Waals surface area (Å²) in [6, 6.07) is 21.5. The topological polar surface area (TPSA) is 66.5 Å². The summed E-state index contributed by atoms with van der Waals surface area (Å²) in [7, 11) is -3.22. The van der Waals surface area contributed by atoms with E-state index in [1.165, 1.54) is 28.8 Å². The number of fused-ring (bicyclic) bond motifs is 1. The molecule has 0 fully saturated rings. The third-order valence-corrected chi connectivity index (χ3v) is 8.76. The second kappa shape index (κ2) is 12.0. The summed E-state index contributed by atoms with van der Waals surface area (Å²) in [5.74, 6) is 0.583. The molecule has 1 heterocycles. The molecule has 0 saturated heterocycles. The fourth-order valence-corrected chi connectivity index (χ4v) is 5.76. The van der Waals surface area contributed by atoms with Gasteiger partial charge in [0.05, 0.1) is 10.6 Å². The van der Waals surface area contributed by atoms with Crippen LogP contribution in [-0.2, 0) is 35.6 Å². The van der Waals surface area contributed by atoms with Gasteiger partial charge in [-0.1, -0.05) is 57.2 Å². The van der Waals surface area contributed by atoms with Crippen LogP contribution in [0.25, 0.3) is 0 Å². The molecular formula is C31H38N2O3S. The van der Waals surface area contributed by atoms with Gasteiger partial charge in [-0.3, -0.25) is 4.79 Å². The van der Waals surface area contributed by atoms with Gasteiger partial charge in [-0.25, -0.2) is 8.42 Å². The van der Waals surface area contributed by atoms with Gasteiger partial charge in [0.1, 0.15) is 0 Å². The molecule has 0 spiro atoms. The molecule has 0 atom stereocenters. The van der Waals surface area contributed by atoms with Gasteiger partial charge in [-0.15, -0.1) is 0 Å². The van der Waals surface area contributed by atoms with E-state index in [0.29, 0.717) is 22.9 Å². The number of nitrogens with zero attached hydrogens (tertiary/aromatic N) is 1. The summed E-state index contributed by atoms with van der Waals surface area (Å²) in [5, 5.41) is 2.92. The monoisotopic (exact) mass is 518 g/mol. The van der Waals surface area contributed by atoms with E-state index in [9.17, 15) is 13.2 Å². The molecule has 5 nitrogen and oxygen atoms in total. The van der Waals surface area contributed by atoms with Crippen LogP contribution in [0.4, 0.5) is 5.69 Å². The summed E-state index contributed by atoms with van der Waals surface area (Å²) >= 11 is 0. The highest BCUT2D eigenvalue weighted by molar-refractivity contribution is 7.91. The lowest BCUT2D eigenvalue weighted by Gasteiger charge is -2.32. The molecule has 0 unspecified atom stereocenters. The summed E-state index contributed by atoms with van der Waals surface area (Å²) in [6.45, 7) is 8.56. The fourth-order valence-electron chi connectivity index (χ4n) is 4.88. The zero-order valence-electron chi connectivity index (χ0n) is 22.2. The van der Waals surface area contributed by atoms with Crippen LogP contribution in [0.1, 0.15) is 59.8 Å². The van der Waals surface area contributed by atoms with Crippen molar-refractivity contribution in [2.45, 2.75) is 57.9 Å². The second-order valence-corrected chi connectivity index (χ2v) is 12.6. The molecule has 37 heavy (non-hydrogen) atoms. The molecule has 1 aliphatic rings. The van der Waals surface area contributed by atoms with Gasteiger partial charge in [0, 0.05) is 30.9 Å². The predicted octanol–water partition coefficient (Wildman–Crippen LogP) is 5.60. The highest BCUT2D eigenvalue weighted by Crippen LogP contribution is 2.29. The quantitative estimate of drug-likeness (QED) is 0.379. The number of sulfone groups is 1. The Morgan fingerprint density at radius 2 is 1.62 bits per heavy atom. The zero-order valence-corrected chi connectivity index (χ0v) is 23.0. The molecule has 1 amide bonds. The molecule has 0 bridgehead atoms. The van der Waals surface area contributed by atoms with Gasteiger partial charge in [-0.05, 0) is 84.2 Å². The molecule has 0 aliphatic carbocycles. The normalized spacial score (nSPS) is 13.5. The molecule has 3 aromatic carbocycles. The molecule has 1 aliphatic heterocycles. The number of hydrogen-bond acceptors (Lipinski definition) is 4. The summed E-state index contributed by atoms with van der Waals surface area (Å²) in [6.07, 6.45) is 4.38. The molecule has 0 radical (unpaired) electrons. The minimum atomic E-state index is -3.22. The Hall–Kier alpha value is -3.12. The molecule has 3 aromatic rings. The van der Waals surface area contributed by atoms with Gasteiger partial charge >= 0.3 is 0 Å². The van der Waals surface area contributed by atoms with Gasteiger partial charge < -0.3 is 10.2 Å². The highest BCUT2D eigenvalue weighted by Gasteiger charge is 2.17. The first-order valence-electron chi connectivity index (χ1n) is 13.3. The van der Waals surface area contributed by atoms with Crippen LogP contribution in [0.3, 0.4) is 0 Å². The number of benzene rings is 3. The second-order valence-electron chi connectivity index (χ2n) is 10.3. The Kier molecular flexibility index (Phi) is 8.70. The molecular weight excluding hydrogens is 480 g/mol. The smallest absolute Gasteiger partial charge is 0.251 e. The summed E-state index contributed by atoms with van der Waals surface area (Å²) < 4.78 is 23.9. The molecule has 1 N–H and O–H groups in total. The van der Waals surface area contributed by atoms with E-state index in [4.69, 9.17) is 0 Å². The van der Waals surface area contributed by atoms with E-state index in [-0.39, 0.29) is 11.7 Å². The Morgan fingerprint density at radius 1 is 0.946 bits per heavy atom. The first-order chi connectivity index (χ1) is 17.7. The van der Waals surface area contributed by atoms with Crippen molar-refractivity contribution in [2.75, 3.05) is 23.7 Å². The maximum atomic E-state index is 12.6. The number of aryl methyl sites for hydroxylation is 1. The number of nitrogens with one attached hydrogen (secondary N) is 1. The fraction of sp³-hybridized carbons (Fsp3) is 0.387. The van der Waals surface area contributed by atoms with Crippen LogP contribution < -0.4 is 10.2 Å². The van der Waals surface area contributed by atoms with E-state index in [0.717, 1.165) is 37.9 Å². The number of rotatable bonds is 10. The highest BCUT2D eigenvalue weighted by atomic mass is 32.2. The van der Waals surface area contributed by atoms with E-state index < -0.39 is 9.84 Å².